The van der Waals surface area contributed by atoms with E-state index in [1.165, 1.54) is 18.2 Å². The van der Waals surface area contributed by atoms with E-state index in [9.17, 15) is 4.79 Å². The van der Waals surface area contributed by atoms with Crippen LogP contribution in [0.5, 0.6) is 0 Å². The number of benzene rings is 1. The molecule has 1 saturated heterocycles. The van der Waals surface area contributed by atoms with Crippen molar-refractivity contribution in [3.05, 3.63) is 35.4 Å². The first kappa shape index (κ1) is 14.9. The Kier molecular flexibility index (Phi) is 5.01. The molecule has 4 nitrogen and oxygen atoms in total. The van der Waals surface area contributed by atoms with Crippen LogP contribution in [0.1, 0.15) is 24.5 Å². The van der Waals surface area contributed by atoms with E-state index in [1.54, 1.807) is 0 Å². The van der Waals surface area contributed by atoms with E-state index in [2.05, 4.69) is 48.3 Å². The molecule has 0 aliphatic carbocycles. The fraction of sp³-hybridized carbons (Fsp3) is 0.562. The highest BCUT2D eigenvalue weighted by Crippen LogP contribution is 2.20. The first-order valence-electron chi connectivity index (χ1n) is 7.20. The van der Waals surface area contributed by atoms with Gasteiger partial charge in [-0.1, -0.05) is 31.2 Å². The number of carbonyl (C=O) groups excluding carboxylic acids is 1. The molecule has 0 spiro atoms. The molecule has 1 N–H and O–H groups in total. The molecule has 110 valence electrons. The maximum absolute atomic E-state index is 11.4. The number of hydrogen-bond donors (Lipinski definition) is 1. The SMILES string of the molecule is COC(=O)NC1CC(C)CN(Cc2ccccc2C)C1. The van der Waals surface area contributed by atoms with E-state index < -0.39 is 0 Å². The lowest BCUT2D eigenvalue weighted by Gasteiger charge is -2.36. The molecule has 2 rings (SSSR count). The molecule has 1 heterocycles. The highest BCUT2D eigenvalue weighted by atomic mass is 16.5. The van der Waals surface area contributed by atoms with Crippen molar-refractivity contribution < 1.29 is 9.53 Å². The third-order valence-electron chi connectivity index (χ3n) is 3.90. The summed E-state index contributed by atoms with van der Waals surface area (Å²) in [6, 6.07) is 8.65. The Labute approximate surface area is 121 Å². The van der Waals surface area contributed by atoms with E-state index in [-0.39, 0.29) is 12.1 Å². The summed E-state index contributed by atoms with van der Waals surface area (Å²) in [6.07, 6.45) is 0.680. The van der Waals surface area contributed by atoms with Gasteiger partial charge in [-0.05, 0) is 30.4 Å². The van der Waals surface area contributed by atoms with Gasteiger partial charge >= 0.3 is 6.09 Å². The average molecular weight is 276 g/mol. The Balaban J connectivity index is 1.97. The number of ether oxygens (including phenoxy) is 1. The highest BCUT2D eigenvalue weighted by Gasteiger charge is 2.26. The minimum absolute atomic E-state index is 0.176. The Bertz CT molecular complexity index is 462. The van der Waals surface area contributed by atoms with Crippen molar-refractivity contribution in [1.82, 2.24) is 10.2 Å². The van der Waals surface area contributed by atoms with E-state index in [1.807, 2.05) is 0 Å². The molecular formula is C16H24N2O2. The lowest BCUT2D eigenvalue weighted by Crippen LogP contribution is -2.50. The van der Waals surface area contributed by atoms with Crippen LogP contribution in [0.15, 0.2) is 24.3 Å². The van der Waals surface area contributed by atoms with Gasteiger partial charge in [0.25, 0.3) is 0 Å². The van der Waals surface area contributed by atoms with Crippen LogP contribution >= 0.6 is 0 Å². The molecule has 1 aromatic carbocycles. The summed E-state index contributed by atoms with van der Waals surface area (Å²) in [5.41, 5.74) is 2.68. The van der Waals surface area contributed by atoms with Crippen molar-refractivity contribution in [2.24, 2.45) is 5.92 Å². The van der Waals surface area contributed by atoms with Gasteiger partial charge in [0.1, 0.15) is 0 Å². The fourth-order valence-corrected chi connectivity index (χ4v) is 2.95. The fourth-order valence-electron chi connectivity index (χ4n) is 2.95. The summed E-state index contributed by atoms with van der Waals surface area (Å²) < 4.78 is 4.69. The first-order valence-corrected chi connectivity index (χ1v) is 7.20. The predicted octanol–water partition coefficient (Wildman–Crippen LogP) is 2.56. The normalized spacial score (nSPS) is 23.4. The van der Waals surface area contributed by atoms with Crippen LogP contribution in [0.2, 0.25) is 0 Å². The molecule has 0 aromatic heterocycles. The zero-order chi connectivity index (χ0) is 14.5. The summed E-state index contributed by atoms with van der Waals surface area (Å²) in [7, 11) is 1.41. The van der Waals surface area contributed by atoms with Gasteiger partial charge in [0.05, 0.1) is 7.11 Å². The van der Waals surface area contributed by atoms with Crippen LogP contribution in [0.25, 0.3) is 0 Å². The minimum Gasteiger partial charge on any atom is -0.453 e. The number of rotatable bonds is 3. The molecule has 0 saturated carbocycles. The molecule has 20 heavy (non-hydrogen) atoms. The number of hydrogen-bond acceptors (Lipinski definition) is 3. The van der Waals surface area contributed by atoms with E-state index >= 15 is 0 Å². The molecule has 2 unspecified atom stereocenters. The topological polar surface area (TPSA) is 41.6 Å². The van der Waals surface area contributed by atoms with Crippen LogP contribution in [-0.2, 0) is 11.3 Å². The second kappa shape index (κ2) is 6.75. The summed E-state index contributed by atoms with van der Waals surface area (Å²) >= 11 is 0. The Morgan fingerprint density at radius 2 is 2.15 bits per heavy atom. The Hall–Kier alpha value is -1.55. The molecule has 0 bridgehead atoms. The standard InChI is InChI=1S/C16H24N2O2/c1-12-8-15(17-16(19)20-3)11-18(9-12)10-14-7-5-4-6-13(14)2/h4-7,12,15H,8-11H2,1-3H3,(H,17,19). The van der Waals surface area contributed by atoms with E-state index in [0.717, 1.165) is 26.1 Å². The van der Waals surface area contributed by atoms with Crippen molar-refractivity contribution in [2.75, 3.05) is 20.2 Å². The zero-order valence-corrected chi connectivity index (χ0v) is 12.6. The number of carbonyl (C=O) groups is 1. The first-order chi connectivity index (χ1) is 9.58. The van der Waals surface area contributed by atoms with Crippen LogP contribution < -0.4 is 5.32 Å². The van der Waals surface area contributed by atoms with Gasteiger partial charge in [0.15, 0.2) is 0 Å². The van der Waals surface area contributed by atoms with Gasteiger partial charge < -0.3 is 10.1 Å². The van der Waals surface area contributed by atoms with Gasteiger partial charge in [-0.2, -0.15) is 0 Å². The largest absolute Gasteiger partial charge is 0.453 e. The van der Waals surface area contributed by atoms with Crippen LogP contribution in [0, 0.1) is 12.8 Å². The number of amides is 1. The number of nitrogens with one attached hydrogen (secondary N) is 1. The van der Waals surface area contributed by atoms with Crippen LogP contribution in [-0.4, -0.2) is 37.2 Å². The number of alkyl carbamates (subject to hydrolysis) is 1. The smallest absolute Gasteiger partial charge is 0.407 e. The number of aryl methyl sites for hydroxylation is 1. The average Bonchev–Trinajstić information content (AvgIpc) is 2.40. The molecule has 1 amide bonds. The van der Waals surface area contributed by atoms with E-state index in [4.69, 9.17) is 4.74 Å². The molecule has 0 radical (unpaired) electrons. The lowest BCUT2D eigenvalue weighted by atomic mass is 9.95. The summed E-state index contributed by atoms with van der Waals surface area (Å²) in [4.78, 5) is 13.8. The number of likely N-dealkylation sites (tertiary alicyclic amines) is 1. The quantitative estimate of drug-likeness (QED) is 0.922. The second-order valence-corrected chi connectivity index (χ2v) is 5.79. The van der Waals surface area contributed by atoms with Crippen molar-refractivity contribution in [3.8, 4) is 0 Å². The summed E-state index contributed by atoms with van der Waals surface area (Å²) in [5, 5.41) is 2.93. The molecule has 1 aromatic rings. The van der Waals surface area contributed by atoms with Crippen molar-refractivity contribution in [1.29, 1.82) is 0 Å². The molecule has 1 aliphatic heterocycles. The van der Waals surface area contributed by atoms with E-state index in [0.29, 0.717) is 5.92 Å². The van der Waals surface area contributed by atoms with Gasteiger partial charge in [-0.3, -0.25) is 4.90 Å². The number of methoxy groups -OCH3 is 1. The lowest BCUT2D eigenvalue weighted by molar-refractivity contribution is 0.125. The van der Waals surface area contributed by atoms with Gasteiger partial charge in [0.2, 0.25) is 0 Å². The van der Waals surface area contributed by atoms with Gasteiger partial charge in [-0.25, -0.2) is 4.79 Å². The highest BCUT2D eigenvalue weighted by molar-refractivity contribution is 5.67. The third kappa shape index (κ3) is 3.97. The maximum Gasteiger partial charge on any atom is 0.407 e. The van der Waals surface area contributed by atoms with Crippen molar-refractivity contribution in [2.45, 2.75) is 32.9 Å². The zero-order valence-electron chi connectivity index (χ0n) is 12.6. The summed E-state index contributed by atoms with van der Waals surface area (Å²) in [6.45, 7) is 7.28. The molecule has 1 fully saturated rings. The molecule has 1 aliphatic rings. The molecular weight excluding hydrogens is 252 g/mol. The maximum atomic E-state index is 11.4. The van der Waals surface area contributed by atoms with Gasteiger partial charge in [-0.15, -0.1) is 0 Å². The van der Waals surface area contributed by atoms with Crippen LogP contribution in [0.3, 0.4) is 0 Å². The number of piperidine rings is 1. The third-order valence-corrected chi connectivity index (χ3v) is 3.90. The second-order valence-electron chi connectivity index (χ2n) is 5.79. The predicted molar refractivity (Wildman–Crippen MR) is 79.6 cm³/mol. The molecule has 2 atom stereocenters. The summed E-state index contributed by atoms with van der Waals surface area (Å²) in [5.74, 6) is 0.579. The number of nitrogens with zero attached hydrogens (tertiary/aromatic N) is 1. The van der Waals surface area contributed by atoms with Gasteiger partial charge in [0, 0.05) is 25.7 Å². The van der Waals surface area contributed by atoms with Crippen LogP contribution in [0.4, 0.5) is 4.79 Å². The Morgan fingerprint density at radius 3 is 2.85 bits per heavy atom. The van der Waals surface area contributed by atoms with Crippen molar-refractivity contribution >= 4 is 6.09 Å². The molecule has 4 heteroatoms. The monoisotopic (exact) mass is 276 g/mol. The Morgan fingerprint density at radius 1 is 1.40 bits per heavy atom. The minimum atomic E-state index is -0.333. The van der Waals surface area contributed by atoms with Crippen molar-refractivity contribution in [3.63, 3.8) is 0 Å².